The largest absolute Gasteiger partial charge is 0.309 e. The third-order valence-electron chi connectivity index (χ3n) is 14.2. The summed E-state index contributed by atoms with van der Waals surface area (Å²) >= 11 is 0. The summed E-state index contributed by atoms with van der Waals surface area (Å²) < 4.78 is 2.39. The molecule has 10 aromatic carbocycles. The molecular formula is C69H48N2. The SMILES string of the molecule is C1=CC(c2cccc(-c3cccc(-c4ccc(-c5cc(-c6cccc(-n7c8ccccc8c8ccccc87)c6)cc(-c6ccc(-c7cccc(-c8cccc9ccccc89)c7)cc6)n5)cc4)c3)c2)=CCC1. The van der Waals surface area contributed by atoms with Crippen molar-refractivity contribution >= 4 is 38.2 Å². The van der Waals surface area contributed by atoms with E-state index < -0.39 is 0 Å². The molecule has 0 saturated carbocycles. The number of aromatic nitrogens is 2. The van der Waals surface area contributed by atoms with Gasteiger partial charge in [0.2, 0.25) is 0 Å². The Kier molecular flexibility index (Phi) is 10.7. The number of benzene rings is 10. The fourth-order valence-corrected chi connectivity index (χ4v) is 10.6. The van der Waals surface area contributed by atoms with Crippen LogP contribution in [0.3, 0.4) is 0 Å². The van der Waals surface area contributed by atoms with Crippen LogP contribution in [0.25, 0.3) is 122 Å². The summed E-state index contributed by atoms with van der Waals surface area (Å²) in [5.41, 5.74) is 21.9. The highest BCUT2D eigenvalue weighted by molar-refractivity contribution is 6.09. The second-order valence-electron chi connectivity index (χ2n) is 18.6. The van der Waals surface area contributed by atoms with Crippen molar-refractivity contribution in [2.75, 3.05) is 0 Å². The van der Waals surface area contributed by atoms with E-state index >= 15 is 0 Å². The summed E-state index contributed by atoms with van der Waals surface area (Å²) in [6, 6.07) is 90.6. The van der Waals surface area contributed by atoms with E-state index in [2.05, 4.69) is 272 Å². The van der Waals surface area contributed by atoms with Gasteiger partial charge in [-0.05, 0) is 145 Å². The molecule has 0 saturated heterocycles. The lowest BCUT2D eigenvalue weighted by Crippen LogP contribution is -1.95. The Bertz CT molecular complexity index is 3980. The van der Waals surface area contributed by atoms with Crippen LogP contribution in [0.5, 0.6) is 0 Å². The Morgan fingerprint density at radius 3 is 1.39 bits per heavy atom. The fraction of sp³-hybridized carbons (Fsp3) is 0.0290. The van der Waals surface area contributed by atoms with Crippen molar-refractivity contribution in [3.8, 4) is 83.8 Å². The molecule has 2 heterocycles. The van der Waals surface area contributed by atoms with Crippen molar-refractivity contribution in [3.63, 3.8) is 0 Å². The van der Waals surface area contributed by atoms with E-state index in [1.54, 1.807) is 0 Å². The molecule has 12 aromatic rings. The maximum atomic E-state index is 5.43. The van der Waals surface area contributed by atoms with E-state index in [-0.39, 0.29) is 0 Å². The number of hydrogen-bond donors (Lipinski definition) is 0. The van der Waals surface area contributed by atoms with Crippen LogP contribution in [0.4, 0.5) is 0 Å². The van der Waals surface area contributed by atoms with Gasteiger partial charge in [0.1, 0.15) is 0 Å². The highest BCUT2D eigenvalue weighted by Gasteiger charge is 2.15. The standard InChI is InChI=1S/C69H48N2/c1-2-15-47(16-3-1)53-19-10-22-56(41-53)57-23-11-20-54(42-57)48-33-37-51(38-34-48)66-45-60(58-24-13-26-61(44-58)71-68-31-8-6-28-64(68)65-29-7-9-32-69(65)71)46-67(70-66)52-39-35-49(36-40-52)55-21-12-25-59(43-55)63-30-14-18-50-17-4-5-27-62(50)63/h2,4-46H,1,3H2. The second kappa shape index (κ2) is 18.1. The molecule has 2 aromatic heterocycles. The van der Waals surface area contributed by atoms with Gasteiger partial charge in [-0.25, -0.2) is 4.98 Å². The van der Waals surface area contributed by atoms with Gasteiger partial charge in [-0.2, -0.15) is 0 Å². The highest BCUT2D eigenvalue weighted by atomic mass is 15.0. The first-order chi connectivity index (χ1) is 35.2. The van der Waals surface area contributed by atoms with Crippen molar-refractivity contribution in [1.82, 2.24) is 9.55 Å². The molecule has 71 heavy (non-hydrogen) atoms. The fourth-order valence-electron chi connectivity index (χ4n) is 10.6. The Morgan fingerprint density at radius 2 is 0.775 bits per heavy atom. The molecule has 0 atom stereocenters. The molecular weight excluding hydrogens is 857 g/mol. The van der Waals surface area contributed by atoms with Crippen LogP contribution < -0.4 is 0 Å². The minimum absolute atomic E-state index is 0.925. The summed E-state index contributed by atoms with van der Waals surface area (Å²) in [4.78, 5) is 5.43. The molecule has 13 rings (SSSR count). The van der Waals surface area contributed by atoms with E-state index in [1.807, 2.05) is 0 Å². The third-order valence-corrected chi connectivity index (χ3v) is 14.2. The Morgan fingerprint density at radius 1 is 0.310 bits per heavy atom. The number of nitrogens with zero attached hydrogens (tertiary/aromatic N) is 2. The summed E-state index contributed by atoms with van der Waals surface area (Å²) in [7, 11) is 0. The van der Waals surface area contributed by atoms with Gasteiger partial charge < -0.3 is 4.57 Å². The smallest absolute Gasteiger partial charge is 0.0715 e. The Balaban J connectivity index is 0.874. The zero-order valence-electron chi connectivity index (χ0n) is 39.2. The lowest BCUT2D eigenvalue weighted by molar-refractivity contribution is 1.04. The van der Waals surface area contributed by atoms with E-state index in [0.29, 0.717) is 0 Å². The molecule has 0 spiro atoms. The van der Waals surface area contributed by atoms with Gasteiger partial charge >= 0.3 is 0 Å². The molecule has 2 nitrogen and oxygen atoms in total. The van der Waals surface area contributed by atoms with Crippen LogP contribution in [0.1, 0.15) is 18.4 Å². The normalized spacial score (nSPS) is 12.4. The van der Waals surface area contributed by atoms with Crippen LogP contribution in [0.2, 0.25) is 0 Å². The summed E-state index contributed by atoms with van der Waals surface area (Å²) in [5, 5.41) is 5.01. The number of para-hydroxylation sites is 2. The second-order valence-corrected chi connectivity index (χ2v) is 18.6. The van der Waals surface area contributed by atoms with Gasteiger partial charge in [0.15, 0.2) is 0 Å². The predicted octanol–water partition coefficient (Wildman–Crippen LogP) is 18.7. The van der Waals surface area contributed by atoms with E-state index in [9.17, 15) is 0 Å². The van der Waals surface area contributed by atoms with Crippen molar-refractivity contribution in [2.24, 2.45) is 0 Å². The zero-order valence-corrected chi connectivity index (χ0v) is 39.2. The lowest BCUT2D eigenvalue weighted by Gasteiger charge is -2.14. The molecule has 0 fully saturated rings. The van der Waals surface area contributed by atoms with Crippen LogP contribution in [0, 0.1) is 0 Å². The number of fused-ring (bicyclic) bond motifs is 4. The van der Waals surface area contributed by atoms with Crippen molar-refractivity contribution in [3.05, 3.63) is 273 Å². The minimum Gasteiger partial charge on any atom is -0.309 e. The average molecular weight is 905 g/mol. The van der Waals surface area contributed by atoms with Crippen LogP contribution in [0.15, 0.2) is 267 Å². The van der Waals surface area contributed by atoms with Gasteiger partial charge in [-0.3, -0.25) is 0 Å². The van der Waals surface area contributed by atoms with Crippen molar-refractivity contribution in [1.29, 1.82) is 0 Å². The molecule has 334 valence electrons. The molecule has 0 unspecified atom stereocenters. The maximum Gasteiger partial charge on any atom is 0.0715 e. The van der Waals surface area contributed by atoms with Gasteiger partial charge in [0.25, 0.3) is 0 Å². The molecule has 1 aliphatic carbocycles. The summed E-state index contributed by atoms with van der Waals surface area (Å²) in [6.07, 6.45) is 9.08. The topological polar surface area (TPSA) is 17.8 Å². The van der Waals surface area contributed by atoms with Crippen LogP contribution >= 0.6 is 0 Å². The zero-order chi connectivity index (χ0) is 47.1. The number of pyridine rings is 1. The summed E-state index contributed by atoms with van der Waals surface area (Å²) in [6.45, 7) is 0. The maximum absolute atomic E-state index is 5.43. The average Bonchev–Trinajstić information content (AvgIpc) is 3.80. The van der Waals surface area contributed by atoms with Gasteiger partial charge in [-0.1, -0.05) is 212 Å². The molecule has 0 radical (unpaired) electrons. The van der Waals surface area contributed by atoms with Gasteiger partial charge in [0.05, 0.1) is 22.4 Å². The van der Waals surface area contributed by atoms with Crippen molar-refractivity contribution in [2.45, 2.75) is 12.8 Å². The van der Waals surface area contributed by atoms with Crippen LogP contribution in [-0.2, 0) is 0 Å². The first-order valence-corrected chi connectivity index (χ1v) is 24.7. The number of allylic oxidation sites excluding steroid dienone is 4. The number of rotatable bonds is 9. The number of hydrogen-bond acceptors (Lipinski definition) is 1. The molecule has 0 N–H and O–H groups in total. The first kappa shape index (κ1) is 42.0. The Labute approximate surface area is 414 Å². The lowest BCUT2D eigenvalue weighted by atomic mass is 9.94. The summed E-state index contributed by atoms with van der Waals surface area (Å²) in [5.74, 6) is 0. The van der Waals surface area contributed by atoms with E-state index in [4.69, 9.17) is 4.98 Å². The highest BCUT2D eigenvalue weighted by Crippen LogP contribution is 2.38. The third kappa shape index (κ3) is 8.06. The predicted molar refractivity (Wildman–Crippen MR) is 300 cm³/mol. The molecule has 0 amide bonds. The minimum atomic E-state index is 0.925. The molecule has 0 aliphatic heterocycles. The van der Waals surface area contributed by atoms with Crippen molar-refractivity contribution < 1.29 is 0 Å². The van der Waals surface area contributed by atoms with Crippen LogP contribution in [-0.4, -0.2) is 9.55 Å². The first-order valence-electron chi connectivity index (χ1n) is 24.7. The quantitative estimate of drug-likeness (QED) is 0.141. The van der Waals surface area contributed by atoms with Gasteiger partial charge in [0, 0.05) is 27.6 Å². The van der Waals surface area contributed by atoms with E-state index in [0.717, 1.165) is 57.7 Å². The van der Waals surface area contributed by atoms with Gasteiger partial charge in [-0.15, -0.1) is 0 Å². The monoisotopic (exact) mass is 904 g/mol. The molecule has 2 heteroatoms. The van der Waals surface area contributed by atoms with E-state index in [1.165, 1.54) is 82.7 Å². The molecule has 0 bridgehead atoms. The molecule has 1 aliphatic rings. The Hall–Kier alpha value is -9.11.